The van der Waals surface area contributed by atoms with Crippen molar-refractivity contribution in [3.8, 4) is 23.0 Å². The summed E-state index contributed by atoms with van der Waals surface area (Å²) in [7, 11) is 3.08. The van der Waals surface area contributed by atoms with E-state index in [1.54, 1.807) is 18.2 Å². The fourth-order valence-electron chi connectivity index (χ4n) is 3.66. The molecule has 7 nitrogen and oxygen atoms in total. The highest BCUT2D eigenvalue weighted by Gasteiger charge is 2.24. The summed E-state index contributed by atoms with van der Waals surface area (Å²) in [5.74, 6) is 1.87. The molecule has 3 aromatic rings. The summed E-state index contributed by atoms with van der Waals surface area (Å²) in [6.45, 7) is 4.39. The van der Waals surface area contributed by atoms with Gasteiger partial charge in [0.25, 0.3) is 0 Å². The van der Waals surface area contributed by atoms with Crippen LogP contribution >= 0.6 is 0 Å². The minimum absolute atomic E-state index is 0.179. The first-order valence-electron chi connectivity index (χ1n) is 11.4. The van der Waals surface area contributed by atoms with Crippen LogP contribution in [0.1, 0.15) is 16.7 Å². The molecule has 0 aromatic heterocycles. The first-order chi connectivity index (χ1) is 17.6. The first-order valence-corrected chi connectivity index (χ1v) is 11.4. The van der Waals surface area contributed by atoms with Crippen molar-refractivity contribution >= 4 is 17.9 Å². The molecule has 0 fully saturated rings. The number of ether oxygens (including phenoxy) is 5. The second-order valence-electron chi connectivity index (χ2n) is 7.75. The van der Waals surface area contributed by atoms with Crippen LogP contribution in [0.15, 0.2) is 90.1 Å². The third kappa shape index (κ3) is 5.75. The van der Waals surface area contributed by atoms with E-state index in [0.717, 1.165) is 23.3 Å². The van der Waals surface area contributed by atoms with Crippen molar-refractivity contribution in [2.45, 2.75) is 6.42 Å². The Bertz CT molecular complexity index is 1270. The van der Waals surface area contributed by atoms with Crippen molar-refractivity contribution < 1.29 is 28.5 Å². The van der Waals surface area contributed by atoms with Gasteiger partial charge in [-0.25, -0.2) is 9.79 Å². The monoisotopic (exact) mass is 485 g/mol. The second-order valence-corrected chi connectivity index (χ2v) is 7.75. The molecule has 0 amide bonds. The Morgan fingerprint density at radius 1 is 0.889 bits per heavy atom. The van der Waals surface area contributed by atoms with Gasteiger partial charge in [0, 0.05) is 5.56 Å². The SMILES string of the molecule is C=CCc1ccccc1OCCOc1c(OC)cc(C=C2N=C(c3ccccc3)OC2=O)cc1OC. The largest absolute Gasteiger partial charge is 0.493 e. The Hall–Kier alpha value is -4.52. The highest BCUT2D eigenvalue weighted by atomic mass is 16.6. The van der Waals surface area contributed by atoms with Crippen LogP contribution < -0.4 is 18.9 Å². The van der Waals surface area contributed by atoms with E-state index in [2.05, 4.69) is 11.6 Å². The number of hydrogen-bond acceptors (Lipinski definition) is 7. The Morgan fingerprint density at radius 2 is 1.56 bits per heavy atom. The smallest absolute Gasteiger partial charge is 0.363 e. The number of carbonyl (C=O) groups excluding carboxylic acids is 1. The molecule has 0 saturated heterocycles. The van der Waals surface area contributed by atoms with Crippen LogP contribution in [0.2, 0.25) is 0 Å². The number of benzene rings is 3. The number of hydrogen-bond donors (Lipinski definition) is 0. The predicted molar refractivity (Wildman–Crippen MR) is 138 cm³/mol. The van der Waals surface area contributed by atoms with Crippen molar-refractivity contribution in [1.82, 2.24) is 0 Å². The van der Waals surface area contributed by atoms with Gasteiger partial charge in [-0.05, 0) is 54.0 Å². The number of para-hydroxylation sites is 1. The molecule has 1 heterocycles. The highest BCUT2D eigenvalue weighted by molar-refractivity contribution is 6.12. The van der Waals surface area contributed by atoms with E-state index < -0.39 is 5.97 Å². The van der Waals surface area contributed by atoms with E-state index in [1.165, 1.54) is 14.2 Å². The zero-order chi connectivity index (χ0) is 25.3. The van der Waals surface area contributed by atoms with E-state index in [0.29, 0.717) is 29.4 Å². The maximum absolute atomic E-state index is 12.4. The number of cyclic esters (lactones) is 1. The van der Waals surface area contributed by atoms with Gasteiger partial charge in [0.1, 0.15) is 19.0 Å². The summed E-state index contributed by atoms with van der Waals surface area (Å²) < 4.78 is 28.3. The van der Waals surface area contributed by atoms with Crippen molar-refractivity contribution in [3.05, 3.63) is 102 Å². The van der Waals surface area contributed by atoms with Gasteiger partial charge in [0.15, 0.2) is 17.2 Å². The van der Waals surface area contributed by atoms with E-state index in [1.807, 2.05) is 60.7 Å². The topological polar surface area (TPSA) is 75.6 Å². The zero-order valence-corrected chi connectivity index (χ0v) is 20.2. The Morgan fingerprint density at radius 3 is 2.25 bits per heavy atom. The van der Waals surface area contributed by atoms with Crippen LogP contribution in [0.25, 0.3) is 6.08 Å². The number of rotatable bonds is 11. The Balaban J connectivity index is 1.49. The average Bonchev–Trinajstić information content (AvgIpc) is 3.28. The van der Waals surface area contributed by atoms with Crippen LogP contribution in [0.3, 0.4) is 0 Å². The number of aliphatic imine (C=N–C) groups is 1. The van der Waals surface area contributed by atoms with Gasteiger partial charge in [-0.1, -0.05) is 42.5 Å². The normalized spacial score (nSPS) is 13.7. The zero-order valence-electron chi connectivity index (χ0n) is 20.2. The number of carbonyl (C=O) groups is 1. The van der Waals surface area contributed by atoms with E-state index >= 15 is 0 Å². The second kappa shape index (κ2) is 11.8. The lowest BCUT2D eigenvalue weighted by atomic mass is 10.1. The molecular weight excluding hydrogens is 458 g/mol. The molecule has 0 spiro atoms. The molecule has 7 heteroatoms. The minimum atomic E-state index is -0.527. The molecule has 1 aliphatic rings. The number of esters is 1. The fraction of sp³-hybridized carbons (Fsp3) is 0.172. The van der Waals surface area contributed by atoms with Crippen molar-refractivity contribution in [2.24, 2.45) is 4.99 Å². The molecule has 3 aromatic carbocycles. The van der Waals surface area contributed by atoms with Gasteiger partial charge in [-0.15, -0.1) is 6.58 Å². The molecule has 36 heavy (non-hydrogen) atoms. The minimum Gasteiger partial charge on any atom is -0.493 e. The summed E-state index contributed by atoms with van der Waals surface area (Å²) >= 11 is 0. The van der Waals surface area contributed by atoms with Gasteiger partial charge in [0.2, 0.25) is 11.6 Å². The van der Waals surface area contributed by atoms with Crippen LogP contribution in [0.4, 0.5) is 0 Å². The molecular formula is C29H27NO6. The number of methoxy groups -OCH3 is 2. The number of allylic oxidation sites excluding steroid dienone is 1. The molecule has 0 aliphatic carbocycles. The highest BCUT2D eigenvalue weighted by Crippen LogP contribution is 2.39. The quantitative estimate of drug-likeness (QED) is 0.160. The third-order valence-electron chi connectivity index (χ3n) is 5.35. The average molecular weight is 486 g/mol. The molecule has 4 rings (SSSR count). The van der Waals surface area contributed by atoms with Crippen molar-refractivity contribution in [3.63, 3.8) is 0 Å². The van der Waals surface area contributed by atoms with Gasteiger partial charge < -0.3 is 23.7 Å². The Labute approximate surface area is 210 Å². The fourth-order valence-corrected chi connectivity index (χ4v) is 3.66. The summed E-state index contributed by atoms with van der Waals surface area (Å²) in [4.78, 5) is 16.7. The van der Waals surface area contributed by atoms with E-state index in [9.17, 15) is 4.79 Å². The standard InChI is InChI=1S/C29H27NO6/c1-4-10-21-11-8-9-14-24(21)34-15-16-35-27-25(32-2)18-20(19-26(27)33-3)17-23-29(31)36-28(30-23)22-12-6-5-7-13-22/h4-9,11-14,17-19H,1,10,15-16H2,2-3H3. The van der Waals surface area contributed by atoms with Gasteiger partial charge >= 0.3 is 5.97 Å². The van der Waals surface area contributed by atoms with Gasteiger partial charge in [0.05, 0.1) is 14.2 Å². The van der Waals surface area contributed by atoms with Crippen molar-refractivity contribution in [2.75, 3.05) is 27.4 Å². The maximum atomic E-state index is 12.4. The van der Waals surface area contributed by atoms with E-state index in [4.69, 9.17) is 23.7 Å². The molecule has 0 bridgehead atoms. The van der Waals surface area contributed by atoms with E-state index in [-0.39, 0.29) is 18.2 Å². The van der Waals surface area contributed by atoms with Crippen LogP contribution in [-0.2, 0) is 16.0 Å². The van der Waals surface area contributed by atoms with Crippen molar-refractivity contribution in [1.29, 1.82) is 0 Å². The van der Waals surface area contributed by atoms with Gasteiger partial charge in [-0.2, -0.15) is 0 Å². The predicted octanol–water partition coefficient (Wildman–Crippen LogP) is 5.23. The first kappa shape index (κ1) is 24.6. The molecule has 0 N–H and O–H groups in total. The summed E-state index contributed by atoms with van der Waals surface area (Å²) in [5, 5.41) is 0. The lowest BCUT2D eigenvalue weighted by Crippen LogP contribution is -2.11. The summed E-state index contributed by atoms with van der Waals surface area (Å²) in [6.07, 6.45) is 4.18. The molecule has 1 aliphatic heterocycles. The third-order valence-corrected chi connectivity index (χ3v) is 5.35. The van der Waals surface area contributed by atoms with Crippen LogP contribution in [-0.4, -0.2) is 39.3 Å². The van der Waals surface area contributed by atoms with Crippen LogP contribution in [0.5, 0.6) is 23.0 Å². The van der Waals surface area contributed by atoms with Crippen LogP contribution in [0, 0.1) is 0 Å². The Kier molecular flexibility index (Phi) is 8.03. The molecule has 0 saturated carbocycles. The summed E-state index contributed by atoms with van der Waals surface area (Å²) in [6, 6.07) is 20.6. The molecule has 184 valence electrons. The summed E-state index contributed by atoms with van der Waals surface area (Å²) in [5.41, 5.74) is 2.61. The molecule has 0 unspecified atom stereocenters. The molecule has 0 radical (unpaired) electrons. The lowest BCUT2D eigenvalue weighted by molar-refractivity contribution is -0.129. The number of nitrogens with zero attached hydrogens (tertiary/aromatic N) is 1. The van der Waals surface area contributed by atoms with Gasteiger partial charge in [-0.3, -0.25) is 0 Å². The lowest BCUT2D eigenvalue weighted by Gasteiger charge is -2.16. The molecule has 0 atom stereocenters. The maximum Gasteiger partial charge on any atom is 0.363 e.